The van der Waals surface area contributed by atoms with E-state index in [0.717, 1.165) is 116 Å². The number of hydrogen-bond acceptors (Lipinski definition) is 24. The van der Waals surface area contributed by atoms with Gasteiger partial charge < -0.3 is 88.7 Å². The van der Waals surface area contributed by atoms with E-state index in [1.165, 1.54) is 167 Å². The van der Waals surface area contributed by atoms with Crippen LogP contribution in [-0.2, 0) is 70.7 Å². The molecular formula is C88H161O25P. The fraction of sp³-hybridized carbons (Fsp3) is 0.909. The van der Waals surface area contributed by atoms with Crippen LogP contribution >= 0.6 is 7.82 Å². The van der Waals surface area contributed by atoms with Gasteiger partial charge in [-0.15, -0.1) is 0 Å². The first kappa shape index (κ1) is 105. The number of unbranched alkanes of at least 4 members (excludes halogenated alkanes) is 45. The summed E-state index contributed by atoms with van der Waals surface area (Å²) < 4.78 is 73.2. The van der Waals surface area contributed by atoms with Gasteiger partial charge in [-0.2, -0.15) is 0 Å². The molecule has 0 spiro atoms. The van der Waals surface area contributed by atoms with Gasteiger partial charge in [-0.05, 0) is 77.0 Å². The normalized spacial score (nSPS) is 25.5. The highest BCUT2D eigenvalue weighted by atomic mass is 31.2. The van der Waals surface area contributed by atoms with Crippen molar-refractivity contribution < 1.29 is 122 Å². The maximum atomic E-state index is 14.9. The van der Waals surface area contributed by atoms with Crippen LogP contribution in [0.1, 0.15) is 381 Å². The molecule has 1 saturated carbocycles. The van der Waals surface area contributed by atoms with Crippen LogP contribution in [0.25, 0.3) is 0 Å². The lowest BCUT2D eigenvalue weighted by Gasteiger charge is -2.50. The lowest BCUT2D eigenvalue weighted by atomic mass is 9.84. The maximum Gasteiger partial charge on any atom is 0.472 e. The highest BCUT2D eigenvalue weighted by molar-refractivity contribution is 7.47. The van der Waals surface area contributed by atoms with Gasteiger partial charge in [0.1, 0.15) is 92.6 Å². The standard InChI is InChI=1S/C88H161O25P/c1-5-9-13-17-21-25-29-33-34-35-39-41-44-48-52-56-60-71(90)104-65-68(107-73(92)62-58-54-50-46-42-37-31-27-23-19-15-11-7-3)66-106-114(102,103)113-86-84(111-87-81(100)77(96)75(94)69(64-89)108-87)80(99)79(98)83(110-74(93)63-59-55-51-47-43-38-32-28-24-20-16-12-8-4)85(86)112-88-82(101)78(97)76(95)70(109-88)67-105-72(91)61-57-53-49-45-40-36-30-26-22-18-14-10-6-2/h36-37,40,42,68-70,75-89,94-101H,5-35,38-39,41,43-67H2,1-4H3,(H,102,103)/b40-36-,42-37-. The number of carbonyl (C=O) groups excluding carboxylic acids is 4. The van der Waals surface area contributed by atoms with Crippen molar-refractivity contribution in [3.8, 4) is 0 Å². The van der Waals surface area contributed by atoms with E-state index < -0.39 is 162 Å². The predicted octanol–water partition coefficient (Wildman–Crippen LogP) is 16.2. The topological polar surface area (TPSA) is 380 Å². The first-order chi connectivity index (χ1) is 55.2. The monoisotopic (exact) mass is 1650 g/mol. The third-order valence-electron chi connectivity index (χ3n) is 22.2. The van der Waals surface area contributed by atoms with Gasteiger partial charge in [-0.25, -0.2) is 4.57 Å². The predicted molar refractivity (Wildman–Crippen MR) is 439 cm³/mol. The van der Waals surface area contributed by atoms with E-state index >= 15 is 0 Å². The van der Waals surface area contributed by atoms with E-state index in [2.05, 4.69) is 52.0 Å². The summed E-state index contributed by atoms with van der Waals surface area (Å²) in [7, 11) is -5.81. The molecule has 1 aliphatic carbocycles. The summed E-state index contributed by atoms with van der Waals surface area (Å²) in [6.45, 7) is 5.54. The van der Waals surface area contributed by atoms with Crippen molar-refractivity contribution in [2.45, 2.75) is 485 Å². The molecule has 0 aromatic carbocycles. The van der Waals surface area contributed by atoms with E-state index in [1.54, 1.807) is 0 Å². The van der Waals surface area contributed by atoms with Gasteiger partial charge in [0.05, 0.1) is 13.2 Å². The van der Waals surface area contributed by atoms with Crippen LogP contribution in [0.15, 0.2) is 24.3 Å². The van der Waals surface area contributed by atoms with Gasteiger partial charge in [-0.3, -0.25) is 28.2 Å². The number of phosphoric ester groups is 1. The number of carbonyl (C=O) groups is 4. The molecule has 0 aromatic heterocycles. The SMILES string of the molecule is CCCCCCCC/C=C\CCCCCC(=O)OCC1OC(OC2C(OC(=O)CCCCCCCCCCCCCCC)C(O)C(O)C(OC3OC(CO)C(O)C(O)C3O)C2OP(=O)(O)OCC(COC(=O)CCCCCCCCCCCCCCCCCC)OC(=O)CCCCC/C=C\CCCCCCCC)C(O)C(O)C1O. The van der Waals surface area contributed by atoms with Crippen molar-refractivity contribution in [2.75, 3.05) is 26.4 Å². The smallest absolute Gasteiger partial charge is 0.463 e. The van der Waals surface area contributed by atoms with Crippen molar-refractivity contribution in [1.82, 2.24) is 0 Å². The number of phosphoric acid groups is 1. The number of aliphatic hydroxyl groups excluding tert-OH is 9. The summed E-state index contributed by atoms with van der Waals surface area (Å²) in [5.74, 6) is -3.00. The molecule has 2 aliphatic heterocycles. The molecule has 26 heteroatoms. The van der Waals surface area contributed by atoms with E-state index in [1.807, 2.05) is 0 Å². The van der Waals surface area contributed by atoms with E-state index in [4.69, 9.17) is 46.9 Å². The minimum absolute atomic E-state index is 0.00615. The molecule has 668 valence electrons. The quantitative estimate of drug-likeness (QED) is 0.00889. The van der Waals surface area contributed by atoms with Crippen LogP contribution in [0.3, 0.4) is 0 Å². The van der Waals surface area contributed by atoms with E-state index in [0.29, 0.717) is 44.9 Å². The molecule has 3 rings (SSSR count). The van der Waals surface area contributed by atoms with Crippen LogP contribution in [0.5, 0.6) is 0 Å². The van der Waals surface area contributed by atoms with Crippen LogP contribution in [0.2, 0.25) is 0 Å². The highest BCUT2D eigenvalue weighted by Crippen LogP contribution is 2.49. The molecule has 0 aromatic rings. The van der Waals surface area contributed by atoms with E-state index in [9.17, 15) is 74.6 Å². The van der Waals surface area contributed by atoms with Gasteiger partial charge in [0, 0.05) is 25.7 Å². The van der Waals surface area contributed by atoms with Gasteiger partial charge in [0.25, 0.3) is 0 Å². The third kappa shape index (κ3) is 47.8. The number of aliphatic hydroxyl groups is 9. The largest absolute Gasteiger partial charge is 0.472 e. The molecule has 3 fully saturated rings. The van der Waals surface area contributed by atoms with Crippen molar-refractivity contribution in [3.63, 3.8) is 0 Å². The van der Waals surface area contributed by atoms with Crippen molar-refractivity contribution in [1.29, 1.82) is 0 Å². The first-order valence-corrected chi connectivity index (χ1v) is 47.1. The molecule has 25 nitrogen and oxygen atoms in total. The van der Waals surface area contributed by atoms with Crippen molar-refractivity contribution in [2.24, 2.45) is 0 Å². The number of ether oxygens (including phenoxy) is 8. The summed E-state index contributed by atoms with van der Waals surface area (Å²) in [5, 5.41) is 102. The molecule has 18 unspecified atom stereocenters. The number of rotatable bonds is 73. The average molecular weight is 1650 g/mol. The average Bonchev–Trinajstić information content (AvgIpc) is 0.755. The zero-order valence-electron chi connectivity index (χ0n) is 70.9. The molecule has 0 bridgehead atoms. The Bertz CT molecular complexity index is 2480. The first-order valence-electron chi connectivity index (χ1n) is 45.6. The summed E-state index contributed by atoms with van der Waals surface area (Å²) in [4.78, 5) is 66.3. The summed E-state index contributed by atoms with van der Waals surface area (Å²) >= 11 is 0. The minimum Gasteiger partial charge on any atom is -0.463 e. The summed E-state index contributed by atoms with van der Waals surface area (Å²) in [6.07, 6.45) is 26.3. The van der Waals surface area contributed by atoms with E-state index in [-0.39, 0.29) is 25.7 Å². The molecule has 3 aliphatic rings. The maximum absolute atomic E-state index is 14.9. The van der Waals surface area contributed by atoms with Crippen LogP contribution < -0.4 is 0 Å². The molecule has 2 saturated heterocycles. The molecule has 2 heterocycles. The molecular weight excluding hydrogens is 1490 g/mol. The Balaban J connectivity index is 1.93. The zero-order valence-corrected chi connectivity index (χ0v) is 71.8. The van der Waals surface area contributed by atoms with Gasteiger partial charge in [0.15, 0.2) is 24.8 Å². The minimum atomic E-state index is -5.81. The molecule has 18 atom stereocenters. The number of esters is 4. The van der Waals surface area contributed by atoms with Gasteiger partial charge in [-0.1, -0.05) is 302 Å². The fourth-order valence-corrected chi connectivity index (χ4v) is 15.9. The zero-order chi connectivity index (χ0) is 83.2. The van der Waals surface area contributed by atoms with Crippen molar-refractivity contribution >= 4 is 31.7 Å². The van der Waals surface area contributed by atoms with Crippen LogP contribution in [-0.4, -0.2) is 205 Å². The molecule has 0 amide bonds. The molecule has 10 N–H and O–H groups in total. The second kappa shape index (κ2) is 67.6. The van der Waals surface area contributed by atoms with Crippen molar-refractivity contribution in [3.05, 3.63) is 24.3 Å². The van der Waals surface area contributed by atoms with Crippen LogP contribution in [0.4, 0.5) is 0 Å². The lowest BCUT2D eigenvalue weighted by Crippen LogP contribution is -2.70. The second-order valence-corrected chi connectivity index (χ2v) is 33.9. The molecule has 114 heavy (non-hydrogen) atoms. The lowest BCUT2D eigenvalue weighted by molar-refractivity contribution is -0.360. The van der Waals surface area contributed by atoms with Gasteiger partial charge >= 0.3 is 31.7 Å². The highest BCUT2D eigenvalue weighted by Gasteiger charge is 2.60. The Morgan fingerprint density at radius 2 is 0.658 bits per heavy atom. The number of hydrogen-bond donors (Lipinski definition) is 10. The van der Waals surface area contributed by atoms with Crippen LogP contribution in [0, 0.1) is 0 Å². The summed E-state index contributed by atoms with van der Waals surface area (Å²) in [5.41, 5.74) is 0. The Hall–Kier alpha value is -3.05. The Morgan fingerprint density at radius 3 is 1.05 bits per heavy atom. The number of allylic oxidation sites excluding steroid dienone is 4. The summed E-state index contributed by atoms with van der Waals surface area (Å²) in [6, 6.07) is 0. The Kier molecular flexibility index (Phi) is 62.3. The molecule has 0 radical (unpaired) electrons. The fourth-order valence-electron chi connectivity index (χ4n) is 14.9. The second-order valence-electron chi connectivity index (χ2n) is 32.5. The van der Waals surface area contributed by atoms with Gasteiger partial charge in [0.2, 0.25) is 0 Å². The Morgan fingerprint density at radius 1 is 0.342 bits per heavy atom. The third-order valence-corrected chi connectivity index (χ3v) is 23.2. The Labute approximate surface area is 685 Å².